The Kier molecular flexibility index (Phi) is 6.17. The molecule has 0 bridgehead atoms. The van der Waals surface area contributed by atoms with Gasteiger partial charge in [0, 0.05) is 37.8 Å². The van der Waals surface area contributed by atoms with Crippen molar-refractivity contribution in [3.8, 4) is 11.3 Å². The van der Waals surface area contributed by atoms with Gasteiger partial charge >= 0.3 is 6.03 Å². The molecule has 6 heteroatoms. The summed E-state index contributed by atoms with van der Waals surface area (Å²) in [6.07, 6.45) is 0. The molecular weight excluding hydrogens is 412 g/mol. The van der Waals surface area contributed by atoms with Gasteiger partial charge in [-0.25, -0.2) is 4.79 Å². The van der Waals surface area contributed by atoms with E-state index in [2.05, 4.69) is 63.9 Å². The number of urea groups is 1. The number of nitrogens with zero attached hydrogens (tertiary/aromatic N) is 3. The van der Waals surface area contributed by atoms with E-state index in [0.717, 1.165) is 18.7 Å². The van der Waals surface area contributed by atoms with Crippen LogP contribution in [0.15, 0.2) is 102 Å². The number of amides is 2. The van der Waals surface area contributed by atoms with Crippen molar-refractivity contribution in [2.24, 2.45) is 0 Å². The number of hydrogen-bond acceptors (Lipinski definition) is 4. The van der Waals surface area contributed by atoms with Crippen LogP contribution in [-0.4, -0.2) is 47.2 Å². The molecule has 2 heterocycles. The zero-order chi connectivity index (χ0) is 22.5. The summed E-state index contributed by atoms with van der Waals surface area (Å²) in [4.78, 5) is 17.1. The molecule has 1 fully saturated rings. The normalized spacial score (nSPS) is 14.4. The third kappa shape index (κ3) is 4.81. The maximum absolute atomic E-state index is 12.8. The van der Waals surface area contributed by atoms with E-state index >= 15 is 0 Å². The summed E-state index contributed by atoms with van der Waals surface area (Å²) in [5.74, 6) is 1.05. The van der Waals surface area contributed by atoms with Crippen molar-refractivity contribution in [2.45, 2.75) is 6.04 Å². The number of benzene rings is 3. The topological polar surface area (TPSA) is 61.6 Å². The van der Waals surface area contributed by atoms with Crippen molar-refractivity contribution in [3.05, 3.63) is 108 Å². The Labute approximate surface area is 193 Å². The van der Waals surface area contributed by atoms with Crippen LogP contribution in [-0.2, 0) is 0 Å². The molecule has 0 radical (unpaired) electrons. The summed E-state index contributed by atoms with van der Waals surface area (Å²) in [6.45, 7) is 2.86. The highest BCUT2D eigenvalue weighted by molar-refractivity contribution is 5.88. The molecule has 166 valence electrons. The third-order valence-electron chi connectivity index (χ3n) is 6.00. The summed E-state index contributed by atoms with van der Waals surface area (Å²) in [6, 6.07) is 32.6. The SMILES string of the molecule is O=C(Nc1cc(-c2ccccc2)on1)N1CCN(C(c2ccccc2)c2ccccc2)CC1. The fourth-order valence-electron chi connectivity index (χ4n) is 4.33. The van der Waals surface area contributed by atoms with Gasteiger partial charge in [-0.1, -0.05) is 96.2 Å². The second-order valence-electron chi connectivity index (χ2n) is 8.12. The van der Waals surface area contributed by atoms with Crippen molar-refractivity contribution in [2.75, 3.05) is 31.5 Å². The molecular formula is C27H26N4O2. The summed E-state index contributed by atoms with van der Waals surface area (Å²) >= 11 is 0. The highest BCUT2D eigenvalue weighted by Crippen LogP contribution is 2.29. The molecule has 1 aliphatic rings. The van der Waals surface area contributed by atoms with Gasteiger partial charge in [-0.15, -0.1) is 0 Å². The first kappa shape index (κ1) is 21.0. The molecule has 33 heavy (non-hydrogen) atoms. The number of nitrogens with one attached hydrogen (secondary N) is 1. The molecule has 4 aromatic rings. The van der Waals surface area contributed by atoms with Crippen molar-refractivity contribution in [1.29, 1.82) is 0 Å². The van der Waals surface area contributed by atoms with Crippen LogP contribution in [0.4, 0.5) is 10.6 Å². The van der Waals surface area contributed by atoms with E-state index in [4.69, 9.17) is 4.52 Å². The summed E-state index contributed by atoms with van der Waals surface area (Å²) in [7, 11) is 0. The van der Waals surface area contributed by atoms with E-state index in [1.807, 2.05) is 47.4 Å². The van der Waals surface area contributed by atoms with Gasteiger partial charge in [-0.3, -0.25) is 10.2 Å². The predicted octanol–water partition coefficient (Wildman–Crippen LogP) is 5.28. The van der Waals surface area contributed by atoms with Gasteiger partial charge in [0.2, 0.25) is 0 Å². The van der Waals surface area contributed by atoms with Gasteiger partial charge < -0.3 is 9.42 Å². The van der Waals surface area contributed by atoms with Crippen LogP contribution in [0, 0.1) is 0 Å². The fourth-order valence-corrected chi connectivity index (χ4v) is 4.33. The zero-order valence-corrected chi connectivity index (χ0v) is 18.3. The number of piperazine rings is 1. The maximum Gasteiger partial charge on any atom is 0.323 e. The number of carbonyl (C=O) groups excluding carboxylic acids is 1. The average molecular weight is 439 g/mol. The Morgan fingerprint density at radius 1 is 0.788 bits per heavy atom. The van der Waals surface area contributed by atoms with Gasteiger partial charge in [0.05, 0.1) is 6.04 Å². The van der Waals surface area contributed by atoms with E-state index in [0.29, 0.717) is 24.7 Å². The largest absolute Gasteiger partial charge is 0.354 e. The Balaban J connectivity index is 1.24. The summed E-state index contributed by atoms with van der Waals surface area (Å²) in [5, 5.41) is 6.88. The summed E-state index contributed by atoms with van der Waals surface area (Å²) in [5.41, 5.74) is 3.45. The van der Waals surface area contributed by atoms with Gasteiger partial charge in [-0.05, 0) is 11.1 Å². The number of aromatic nitrogens is 1. The monoisotopic (exact) mass is 438 g/mol. The smallest absolute Gasteiger partial charge is 0.323 e. The fraction of sp³-hybridized carbons (Fsp3) is 0.185. The lowest BCUT2D eigenvalue weighted by molar-refractivity contribution is 0.126. The molecule has 0 unspecified atom stereocenters. The lowest BCUT2D eigenvalue weighted by Gasteiger charge is -2.39. The van der Waals surface area contributed by atoms with Gasteiger partial charge in [0.1, 0.15) is 0 Å². The molecule has 5 rings (SSSR count). The summed E-state index contributed by atoms with van der Waals surface area (Å²) < 4.78 is 5.39. The first-order valence-corrected chi connectivity index (χ1v) is 11.2. The highest BCUT2D eigenvalue weighted by atomic mass is 16.5. The molecule has 1 saturated heterocycles. The molecule has 0 saturated carbocycles. The second kappa shape index (κ2) is 9.71. The minimum atomic E-state index is -0.154. The zero-order valence-electron chi connectivity index (χ0n) is 18.3. The van der Waals surface area contributed by atoms with E-state index in [-0.39, 0.29) is 12.1 Å². The molecule has 0 spiro atoms. The molecule has 2 amide bonds. The quantitative estimate of drug-likeness (QED) is 0.460. The number of rotatable bonds is 5. The van der Waals surface area contributed by atoms with Crippen molar-refractivity contribution in [1.82, 2.24) is 15.0 Å². The van der Waals surface area contributed by atoms with Gasteiger partial charge in [0.15, 0.2) is 11.6 Å². The Bertz CT molecular complexity index is 1130. The number of hydrogen-bond donors (Lipinski definition) is 1. The van der Waals surface area contributed by atoms with Crippen molar-refractivity contribution in [3.63, 3.8) is 0 Å². The second-order valence-corrected chi connectivity index (χ2v) is 8.12. The molecule has 6 nitrogen and oxygen atoms in total. The highest BCUT2D eigenvalue weighted by Gasteiger charge is 2.28. The van der Waals surface area contributed by atoms with Gasteiger partial charge in [0.25, 0.3) is 0 Å². The Morgan fingerprint density at radius 3 is 1.91 bits per heavy atom. The Hall–Kier alpha value is -3.90. The van der Waals surface area contributed by atoms with Gasteiger partial charge in [-0.2, -0.15) is 0 Å². The molecule has 0 atom stereocenters. The lowest BCUT2D eigenvalue weighted by atomic mass is 9.96. The van der Waals surface area contributed by atoms with Crippen LogP contribution in [0.25, 0.3) is 11.3 Å². The molecule has 3 aromatic carbocycles. The van der Waals surface area contributed by atoms with Crippen LogP contribution in [0.5, 0.6) is 0 Å². The number of carbonyl (C=O) groups is 1. The number of anilines is 1. The maximum atomic E-state index is 12.8. The van der Waals surface area contributed by atoms with Crippen LogP contribution in [0.2, 0.25) is 0 Å². The third-order valence-corrected chi connectivity index (χ3v) is 6.00. The molecule has 1 N–H and O–H groups in total. The molecule has 1 aromatic heterocycles. The van der Waals surface area contributed by atoms with E-state index in [1.165, 1.54) is 11.1 Å². The van der Waals surface area contributed by atoms with E-state index < -0.39 is 0 Å². The first-order valence-electron chi connectivity index (χ1n) is 11.2. The van der Waals surface area contributed by atoms with E-state index in [1.54, 1.807) is 6.07 Å². The standard InChI is InChI=1S/C27H26N4O2/c32-27(28-25-20-24(33-29-25)21-10-4-1-5-11-21)31-18-16-30(17-19-31)26(22-12-6-2-7-13-22)23-14-8-3-9-15-23/h1-15,20,26H,16-19H2,(H,28,29,32). The van der Waals surface area contributed by atoms with Crippen LogP contribution >= 0.6 is 0 Å². The molecule has 1 aliphatic heterocycles. The molecule has 0 aliphatic carbocycles. The van der Waals surface area contributed by atoms with Crippen LogP contribution < -0.4 is 5.32 Å². The van der Waals surface area contributed by atoms with Crippen molar-refractivity contribution >= 4 is 11.8 Å². The lowest BCUT2D eigenvalue weighted by Crippen LogP contribution is -2.51. The van der Waals surface area contributed by atoms with Crippen molar-refractivity contribution < 1.29 is 9.32 Å². The van der Waals surface area contributed by atoms with Crippen LogP contribution in [0.1, 0.15) is 17.2 Å². The first-order chi connectivity index (χ1) is 16.3. The minimum absolute atomic E-state index is 0.154. The average Bonchev–Trinajstić information content (AvgIpc) is 3.35. The predicted molar refractivity (Wildman–Crippen MR) is 129 cm³/mol. The van der Waals surface area contributed by atoms with Crippen LogP contribution in [0.3, 0.4) is 0 Å². The Morgan fingerprint density at radius 2 is 1.33 bits per heavy atom. The minimum Gasteiger partial charge on any atom is -0.354 e. The van der Waals surface area contributed by atoms with E-state index in [9.17, 15) is 4.79 Å².